The molecule has 140 valence electrons. The van der Waals surface area contributed by atoms with Crippen molar-refractivity contribution in [2.24, 2.45) is 0 Å². The van der Waals surface area contributed by atoms with E-state index in [1.807, 2.05) is 37.3 Å². The molecule has 1 aromatic carbocycles. The van der Waals surface area contributed by atoms with E-state index < -0.39 is 0 Å². The van der Waals surface area contributed by atoms with Crippen molar-refractivity contribution in [2.45, 2.75) is 25.8 Å². The predicted molar refractivity (Wildman–Crippen MR) is 107 cm³/mol. The maximum Gasteiger partial charge on any atom is 0.347 e. The second-order valence-corrected chi connectivity index (χ2v) is 7.20. The average molecular weight is 364 g/mol. The third-order valence-corrected chi connectivity index (χ3v) is 5.34. The lowest BCUT2D eigenvalue weighted by Gasteiger charge is -2.22. The molecule has 0 spiro atoms. The van der Waals surface area contributed by atoms with Crippen LogP contribution in [0.5, 0.6) is 0 Å². The van der Waals surface area contributed by atoms with Crippen LogP contribution in [0.15, 0.2) is 45.7 Å². The van der Waals surface area contributed by atoms with E-state index in [1.54, 1.807) is 6.20 Å². The zero-order valence-corrected chi connectivity index (χ0v) is 16.0. The van der Waals surface area contributed by atoms with E-state index in [2.05, 4.69) is 33.9 Å². The van der Waals surface area contributed by atoms with Crippen molar-refractivity contribution in [1.29, 1.82) is 0 Å². The lowest BCUT2D eigenvalue weighted by atomic mass is 10.1. The fourth-order valence-corrected chi connectivity index (χ4v) is 3.77. The zero-order valence-electron chi connectivity index (χ0n) is 16.0. The second-order valence-electron chi connectivity index (χ2n) is 7.20. The molecule has 1 aliphatic rings. The molecule has 0 radical (unpaired) electrons. The molecule has 0 saturated carbocycles. The number of anilines is 1. The van der Waals surface area contributed by atoms with E-state index >= 15 is 0 Å². The lowest BCUT2D eigenvalue weighted by molar-refractivity contribution is 0.315. The van der Waals surface area contributed by atoms with Crippen molar-refractivity contribution in [3.8, 4) is 11.5 Å². The minimum Gasteiger partial charge on any atom is -0.403 e. The molecular weight excluding hydrogens is 340 g/mol. The third kappa shape index (κ3) is 3.21. The Balaban J connectivity index is 1.80. The summed E-state index contributed by atoms with van der Waals surface area (Å²) in [7, 11) is 4.20. The summed E-state index contributed by atoms with van der Waals surface area (Å²) >= 11 is 0. The average Bonchev–Trinajstić information content (AvgIpc) is 3.17. The maximum atomic E-state index is 12.7. The van der Waals surface area contributed by atoms with Gasteiger partial charge in [-0.05, 0) is 50.7 Å². The van der Waals surface area contributed by atoms with Crippen molar-refractivity contribution < 1.29 is 4.42 Å². The van der Waals surface area contributed by atoms with Crippen LogP contribution in [-0.2, 0) is 6.42 Å². The number of pyridine rings is 1. The fraction of sp³-hybridized carbons (Fsp3) is 0.381. The van der Waals surface area contributed by atoms with Gasteiger partial charge in [0.2, 0.25) is 5.89 Å². The van der Waals surface area contributed by atoms with Gasteiger partial charge in [-0.3, -0.25) is 0 Å². The summed E-state index contributed by atoms with van der Waals surface area (Å²) in [6.07, 6.45) is 3.62. The molecule has 1 atom stereocenters. The Morgan fingerprint density at radius 1 is 1.26 bits per heavy atom. The number of hydrogen-bond acceptors (Lipinski definition) is 6. The van der Waals surface area contributed by atoms with Crippen LogP contribution in [0.4, 0.5) is 5.82 Å². The van der Waals surface area contributed by atoms with E-state index in [1.165, 1.54) is 0 Å². The summed E-state index contributed by atoms with van der Waals surface area (Å²) in [5.41, 5.74) is 2.05. The van der Waals surface area contributed by atoms with E-state index in [9.17, 15) is 4.79 Å². The molecule has 0 N–H and O–H groups in total. The van der Waals surface area contributed by atoms with Gasteiger partial charge in [0.1, 0.15) is 5.82 Å². The van der Waals surface area contributed by atoms with Gasteiger partial charge in [-0.2, -0.15) is 0 Å². The lowest BCUT2D eigenvalue weighted by Crippen LogP contribution is -2.31. The molecule has 2 aromatic heterocycles. The van der Waals surface area contributed by atoms with E-state index in [0.717, 1.165) is 42.9 Å². The van der Waals surface area contributed by atoms with Crippen LogP contribution in [0.25, 0.3) is 22.4 Å². The van der Waals surface area contributed by atoms with Crippen molar-refractivity contribution in [3.05, 3.63) is 52.5 Å². The number of aryl methyl sites for hydroxylation is 1. The topological polar surface area (TPSA) is 62.5 Å². The summed E-state index contributed by atoms with van der Waals surface area (Å²) in [6.45, 7) is 3.84. The number of fused-ring (bicyclic) bond motifs is 1. The van der Waals surface area contributed by atoms with Crippen LogP contribution in [0.2, 0.25) is 0 Å². The number of hydrogen-bond donors (Lipinski definition) is 0. The molecule has 27 heavy (non-hydrogen) atoms. The Morgan fingerprint density at radius 3 is 2.85 bits per heavy atom. The molecule has 1 saturated heterocycles. The highest BCUT2D eigenvalue weighted by Crippen LogP contribution is 2.31. The summed E-state index contributed by atoms with van der Waals surface area (Å²) in [5.74, 6) is 1.15. The fourth-order valence-electron chi connectivity index (χ4n) is 3.77. The third-order valence-electron chi connectivity index (χ3n) is 5.34. The number of likely N-dealkylation sites (N-methyl/N-ethyl adjacent to an activating group) is 1. The van der Waals surface area contributed by atoms with E-state index in [0.29, 0.717) is 22.8 Å². The highest BCUT2D eigenvalue weighted by atomic mass is 16.4. The summed E-state index contributed by atoms with van der Waals surface area (Å²) in [6, 6.07) is 10.0. The molecule has 0 unspecified atom stereocenters. The Bertz CT molecular complexity index is 1030. The summed E-state index contributed by atoms with van der Waals surface area (Å²) < 4.78 is 5.65. The van der Waals surface area contributed by atoms with Crippen LogP contribution in [0.1, 0.15) is 18.9 Å². The van der Waals surface area contributed by atoms with E-state index in [4.69, 9.17) is 4.42 Å². The predicted octanol–water partition coefficient (Wildman–Crippen LogP) is 2.95. The van der Waals surface area contributed by atoms with Gasteiger partial charge in [-0.25, -0.2) is 14.8 Å². The highest BCUT2D eigenvalue weighted by molar-refractivity contribution is 5.83. The van der Waals surface area contributed by atoms with Gasteiger partial charge < -0.3 is 14.2 Å². The molecule has 0 bridgehead atoms. The van der Waals surface area contributed by atoms with Crippen LogP contribution in [0, 0.1) is 0 Å². The molecule has 3 aromatic rings. The highest BCUT2D eigenvalue weighted by Gasteiger charge is 2.27. The quantitative estimate of drug-likeness (QED) is 0.709. The number of rotatable bonds is 4. The van der Waals surface area contributed by atoms with Crippen LogP contribution in [0.3, 0.4) is 0 Å². The molecule has 1 aliphatic heterocycles. The van der Waals surface area contributed by atoms with Gasteiger partial charge in [-0.15, -0.1) is 0 Å². The maximum absolute atomic E-state index is 12.7. The minimum absolute atomic E-state index is 0.331. The summed E-state index contributed by atoms with van der Waals surface area (Å²) in [4.78, 5) is 26.4. The number of aromatic nitrogens is 2. The Morgan fingerprint density at radius 2 is 2.11 bits per heavy atom. The summed E-state index contributed by atoms with van der Waals surface area (Å²) in [5, 5.41) is 0.572. The number of nitrogens with zero attached hydrogens (tertiary/aromatic N) is 4. The minimum atomic E-state index is -0.338. The second kappa shape index (κ2) is 7.12. The largest absolute Gasteiger partial charge is 0.403 e. The van der Waals surface area contributed by atoms with Gasteiger partial charge in [0.15, 0.2) is 0 Å². The van der Waals surface area contributed by atoms with Gasteiger partial charge in [0, 0.05) is 25.3 Å². The van der Waals surface area contributed by atoms with Crippen molar-refractivity contribution in [2.75, 3.05) is 32.1 Å². The van der Waals surface area contributed by atoms with Crippen molar-refractivity contribution in [3.63, 3.8) is 0 Å². The molecule has 1 fully saturated rings. The Labute approximate surface area is 158 Å². The van der Waals surface area contributed by atoms with Crippen molar-refractivity contribution >= 4 is 16.7 Å². The van der Waals surface area contributed by atoms with E-state index in [-0.39, 0.29) is 5.63 Å². The van der Waals surface area contributed by atoms with Crippen LogP contribution >= 0.6 is 0 Å². The molecule has 3 heterocycles. The monoisotopic (exact) mass is 364 g/mol. The van der Waals surface area contributed by atoms with Gasteiger partial charge >= 0.3 is 5.63 Å². The first-order valence-corrected chi connectivity index (χ1v) is 9.38. The standard InChI is InChI=1S/C21H24N4O2/c1-4-14-7-5-9-17-18(14)21(26)27-20(23-17)16-8-6-11-22-19(16)25-12-10-15(13-25)24(2)3/h5-9,11,15H,4,10,12-13H2,1-3H3/t15-/m1/s1. The number of benzene rings is 1. The molecular formula is C21H24N4O2. The van der Waals surface area contributed by atoms with Crippen molar-refractivity contribution in [1.82, 2.24) is 14.9 Å². The first-order valence-electron chi connectivity index (χ1n) is 9.38. The first-order chi connectivity index (χ1) is 13.1. The SMILES string of the molecule is CCc1cccc2nc(-c3cccnc3N3CC[C@@H](N(C)C)C3)oc(=O)c12. The van der Waals surface area contributed by atoms with Crippen LogP contribution in [-0.4, -0.2) is 48.1 Å². The molecule has 0 amide bonds. The molecule has 0 aliphatic carbocycles. The molecule has 6 heteroatoms. The molecule has 6 nitrogen and oxygen atoms in total. The van der Waals surface area contributed by atoms with Gasteiger partial charge in [0.05, 0.1) is 16.5 Å². The molecule has 4 rings (SSSR count). The Kier molecular flexibility index (Phi) is 4.66. The van der Waals surface area contributed by atoms with Crippen LogP contribution < -0.4 is 10.5 Å². The Hall–Kier alpha value is -2.73. The first kappa shape index (κ1) is 17.7. The van der Waals surface area contributed by atoms with Gasteiger partial charge in [-0.1, -0.05) is 19.1 Å². The normalized spacial score (nSPS) is 17.2. The van der Waals surface area contributed by atoms with Gasteiger partial charge in [0.25, 0.3) is 0 Å². The smallest absolute Gasteiger partial charge is 0.347 e. The zero-order chi connectivity index (χ0) is 19.0.